The summed E-state index contributed by atoms with van der Waals surface area (Å²) in [6, 6.07) is 14.8. The highest BCUT2D eigenvalue weighted by Crippen LogP contribution is 2.60. The zero-order valence-electron chi connectivity index (χ0n) is 16.0. The quantitative estimate of drug-likeness (QED) is 0.788. The number of anilines is 2. The molecule has 1 saturated heterocycles. The maximum atomic E-state index is 13.6. The zero-order chi connectivity index (χ0) is 19.7. The molecule has 142 valence electrons. The lowest BCUT2D eigenvalue weighted by molar-refractivity contribution is -0.119. The first-order valence-corrected chi connectivity index (χ1v) is 9.63. The number of nitrogens with zero attached hydrogens (tertiary/aromatic N) is 1. The van der Waals surface area contributed by atoms with Crippen molar-refractivity contribution in [3.05, 3.63) is 72.3 Å². The van der Waals surface area contributed by atoms with Crippen LogP contribution in [0.1, 0.15) is 36.2 Å². The molecule has 3 aliphatic rings. The van der Waals surface area contributed by atoms with E-state index in [0.717, 1.165) is 11.3 Å². The van der Waals surface area contributed by atoms with Crippen molar-refractivity contribution in [1.29, 1.82) is 0 Å². The van der Waals surface area contributed by atoms with Gasteiger partial charge >= 0.3 is 0 Å². The number of nitrogens with one attached hydrogen (secondary N) is 2. The number of hydrogen-bond donors (Lipinski definition) is 2. The largest absolute Gasteiger partial charge is 0.364 e. The molecule has 3 atom stereocenters. The number of carbonyl (C=O) groups excluding carboxylic acids is 2. The third-order valence-electron chi connectivity index (χ3n) is 6.91. The molecule has 2 aromatic carbocycles. The van der Waals surface area contributed by atoms with Gasteiger partial charge in [0.15, 0.2) is 0 Å². The van der Waals surface area contributed by atoms with E-state index in [2.05, 4.69) is 37.1 Å². The number of hydrogen-bond acceptors (Lipinski definition) is 3. The number of rotatable bonds is 2. The van der Waals surface area contributed by atoms with Crippen LogP contribution in [0.2, 0.25) is 0 Å². The Kier molecular flexibility index (Phi) is 3.33. The van der Waals surface area contributed by atoms with E-state index >= 15 is 0 Å². The summed E-state index contributed by atoms with van der Waals surface area (Å²) < 4.78 is 0. The molecular weight excluding hydrogens is 350 g/mol. The van der Waals surface area contributed by atoms with E-state index in [0.29, 0.717) is 17.7 Å². The third-order valence-corrected chi connectivity index (χ3v) is 6.91. The first kappa shape index (κ1) is 17.0. The van der Waals surface area contributed by atoms with Gasteiger partial charge < -0.3 is 15.5 Å². The fraction of sp³-hybridized carbons (Fsp3) is 0.304. The molecule has 2 aromatic rings. The molecule has 2 amide bonds. The van der Waals surface area contributed by atoms with Gasteiger partial charge in [-0.25, -0.2) is 0 Å². The molecule has 1 fully saturated rings. The van der Waals surface area contributed by atoms with Crippen LogP contribution >= 0.6 is 0 Å². The van der Waals surface area contributed by atoms with Gasteiger partial charge in [0.05, 0.1) is 11.3 Å². The molecule has 5 rings (SSSR count). The number of amides is 2. The number of carbonyl (C=O) groups is 2. The van der Waals surface area contributed by atoms with E-state index in [1.165, 1.54) is 0 Å². The topological polar surface area (TPSA) is 61.4 Å². The summed E-state index contributed by atoms with van der Waals surface area (Å²) in [7, 11) is 0. The summed E-state index contributed by atoms with van der Waals surface area (Å²) in [5.41, 5.74) is 2.51. The van der Waals surface area contributed by atoms with Gasteiger partial charge in [-0.2, -0.15) is 0 Å². The summed E-state index contributed by atoms with van der Waals surface area (Å²) in [5.74, 6) is -0.253. The third kappa shape index (κ3) is 1.91. The molecule has 2 N–H and O–H groups in total. The Hall–Kier alpha value is -3.08. The van der Waals surface area contributed by atoms with Gasteiger partial charge in [-0.3, -0.25) is 9.59 Å². The second kappa shape index (κ2) is 5.47. The lowest BCUT2D eigenvalue weighted by Gasteiger charge is -2.43. The lowest BCUT2D eigenvalue weighted by atomic mass is 9.60. The smallest absolute Gasteiger partial charge is 0.258 e. The van der Waals surface area contributed by atoms with Crippen molar-refractivity contribution in [3.8, 4) is 0 Å². The molecule has 5 heteroatoms. The summed E-state index contributed by atoms with van der Waals surface area (Å²) in [5, 5.41) is 6.53. The van der Waals surface area contributed by atoms with E-state index in [1.54, 1.807) is 17.0 Å². The molecule has 3 aliphatic heterocycles. The van der Waals surface area contributed by atoms with Crippen LogP contribution in [0.5, 0.6) is 0 Å². The van der Waals surface area contributed by atoms with E-state index in [-0.39, 0.29) is 23.4 Å². The van der Waals surface area contributed by atoms with Crippen LogP contribution in [0.15, 0.2) is 61.2 Å². The summed E-state index contributed by atoms with van der Waals surface area (Å²) in [6.45, 7) is 8.36. The Morgan fingerprint density at radius 2 is 1.79 bits per heavy atom. The van der Waals surface area contributed by atoms with Crippen molar-refractivity contribution < 1.29 is 9.59 Å². The van der Waals surface area contributed by atoms with Gasteiger partial charge in [-0.1, -0.05) is 50.3 Å². The molecule has 0 aliphatic carbocycles. The highest BCUT2D eigenvalue weighted by Gasteiger charge is 2.66. The molecule has 0 bridgehead atoms. The van der Waals surface area contributed by atoms with Gasteiger partial charge in [0, 0.05) is 11.1 Å². The monoisotopic (exact) mass is 373 g/mol. The van der Waals surface area contributed by atoms with Gasteiger partial charge in [0.1, 0.15) is 12.2 Å². The number of allylic oxidation sites excluding steroid dienone is 1. The van der Waals surface area contributed by atoms with Crippen molar-refractivity contribution in [2.24, 2.45) is 5.41 Å². The highest BCUT2D eigenvalue weighted by molar-refractivity contribution is 6.10. The SMILES string of the molecule is C=CC(C)(C)C12CC3C(=O)Nc4ccccc4C(=O)N3C1Nc1ccccc12. The van der Waals surface area contributed by atoms with Crippen LogP contribution in [0.3, 0.4) is 0 Å². The van der Waals surface area contributed by atoms with Crippen molar-refractivity contribution >= 4 is 23.2 Å². The number of benzene rings is 2. The molecule has 3 heterocycles. The maximum absolute atomic E-state index is 13.6. The van der Waals surface area contributed by atoms with Crippen LogP contribution in [0.25, 0.3) is 0 Å². The molecule has 0 radical (unpaired) electrons. The molecule has 0 saturated carbocycles. The Balaban J connectivity index is 1.74. The second-order valence-corrected chi connectivity index (χ2v) is 8.46. The average molecular weight is 373 g/mol. The van der Waals surface area contributed by atoms with Crippen molar-refractivity contribution in [2.75, 3.05) is 10.6 Å². The maximum Gasteiger partial charge on any atom is 0.258 e. The van der Waals surface area contributed by atoms with E-state index in [9.17, 15) is 9.59 Å². The predicted octanol–water partition coefficient (Wildman–Crippen LogP) is 3.76. The molecule has 28 heavy (non-hydrogen) atoms. The Morgan fingerprint density at radius 1 is 1.11 bits per heavy atom. The van der Waals surface area contributed by atoms with E-state index in [4.69, 9.17) is 0 Å². The summed E-state index contributed by atoms with van der Waals surface area (Å²) >= 11 is 0. The van der Waals surface area contributed by atoms with Crippen LogP contribution in [-0.4, -0.2) is 28.9 Å². The number of fused-ring (bicyclic) bond motifs is 6. The van der Waals surface area contributed by atoms with Gasteiger partial charge in [0.2, 0.25) is 5.91 Å². The molecular formula is C23H23N3O2. The minimum absolute atomic E-state index is 0.119. The van der Waals surface area contributed by atoms with Crippen LogP contribution in [-0.2, 0) is 10.2 Å². The normalized spacial score (nSPS) is 27.7. The van der Waals surface area contributed by atoms with Crippen molar-refractivity contribution in [1.82, 2.24) is 4.90 Å². The lowest BCUT2D eigenvalue weighted by Crippen LogP contribution is -2.53. The van der Waals surface area contributed by atoms with Gasteiger partial charge in [-0.15, -0.1) is 6.58 Å². The van der Waals surface area contributed by atoms with Gasteiger partial charge in [0.25, 0.3) is 5.91 Å². The molecule has 5 nitrogen and oxygen atoms in total. The van der Waals surface area contributed by atoms with Crippen LogP contribution in [0.4, 0.5) is 11.4 Å². The van der Waals surface area contributed by atoms with E-state index < -0.39 is 11.5 Å². The molecule has 3 unspecified atom stereocenters. The number of para-hydroxylation sites is 2. The average Bonchev–Trinajstić information content (AvgIpc) is 3.17. The second-order valence-electron chi connectivity index (χ2n) is 8.46. The highest BCUT2D eigenvalue weighted by atomic mass is 16.2. The Morgan fingerprint density at radius 3 is 2.54 bits per heavy atom. The van der Waals surface area contributed by atoms with Crippen molar-refractivity contribution in [2.45, 2.75) is 37.9 Å². The molecule has 0 aromatic heterocycles. The van der Waals surface area contributed by atoms with Crippen molar-refractivity contribution in [3.63, 3.8) is 0 Å². The summed E-state index contributed by atoms with van der Waals surface area (Å²) in [6.07, 6.45) is 2.19. The predicted molar refractivity (Wildman–Crippen MR) is 109 cm³/mol. The minimum atomic E-state index is -0.537. The Labute approximate surface area is 164 Å². The fourth-order valence-corrected chi connectivity index (χ4v) is 5.28. The Bertz CT molecular complexity index is 1030. The van der Waals surface area contributed by atoms with Gasteiger partial charge in [-0.05, 0) is 35.6 Å². The standard InChI is InChI=1S/C23H23N3O2/c1-4-22(2,3)23-13-18-19(27)24-16-11-7-5-9-14(16)20(28)26(18)21(23)25-17-12-8-6-10-15(17)23/h4-12,18,21,25H,1,13H2,2-3H3,(H,24,27). The minimum Gasteiger partial charge on any atom is -0.364 e. The molecule has 0 spiro atoms. The zero-order valence-corrected chi connectivity index (χ0v) is 16.0. The van der Waals surface area contributed by atoms with Crippen LogP contribution in [0, 0.1) is 5.41 Å². The first-order chi connectivity index (χ1) is 13.4. The van der Waals surface area contributed by atoms with Crippen LogP contribution < -0.4 is 10.6 Å². The fourth-order valence-electron chi connectivity index (χ4n) is 5.28. The summed E-state index contributed by atoms with van der Waals surface area (Å²) in [4.78, 5) is 28.5. The first-order valence-electron chi connectivity index (χ1n) is 9.63. The van der Waals surface area contributed by atoms with E-state index in [1.807, 2.05) is 36.4 Å².